The van der Waals surface area contributed by atoms with Gasteiger partial charge in [0.25, 0.3) is 0 Å². The number of hydrogen-bond donors (Lipinski definition) is 3. The summed E-state index contributed by atoms with van der Waals surface area (Å²) in [5, 5.41) is 16.3. The second kappa shape index (κ2) is 9.33. The summed E-state index contributed by atoms with van der Waals surface area (Å²) < 4.78 is 44.9. The Hall–Kier alpha value is -2.00. The largest absolute Gasteiger partial charge is 0.397 e. The summed E-state index contributed by atoms with van der Waals surface area (Å²) in [6, 6.07) is 3.67. The van der Waals surface area contributed by atoms with Crippen LogP contribution in [0.25, 0.3) is 0 Å². The lowest BCUT2D eigenvalue weighted by atomic mass is 10.1. The van der Waals surface area contributed by atoms with Crippen molar-refractivity contribution in [3.8, 4) is 6.07 Å². The third-order valence-electron chi connectivity index (χ3n) is 2.75. The van der Waals surface area contributed by atoms with Crippen LogP contribution in [0.15, 0.2) is 18.1 Å². The average molecular weight is 374 g/mol. The molecule has 0 fully saturated rings. The Morgan fingerprint density at radius 2 is 2.21 bits per heavy atom. The smallest absolute Gasteiger partial charge is 0.368 e. The summed E-state index contributed by atoms with van der Waals surface area (Å²) in [5.74, 6) is 1.06. The van der Waals surface area contributed by atoms with E-state index in [4.69, 9.17) is 4.55 Å². The first-order valence-electron chi connectivity index (χ1n) is 6.78. The predicted molar refractivity (Wildman–Crippen MR) is 91.4 cm³/mol. The van der Waals surface area contributed by atoms with Crippen molar-refractivity contribution >= 4 is 32.8 Å². The lowest BCUT2D eigenvalue weighted by Crippen LogP contribution is -2.16. The van der Waals surface area contributed by atoms with Gasteiger partial charge in [0.05, 0.1) is 12.2 Å². The van der Waals surface area contributed by atoms with Crippen LogP contribution in [0, 0.1) is 18.3 Å². The van der Waals surface area contributed by atoms with Gasteiger partial charge >= 0.3 is 10.4 Å². The highest BCUT2D eigenvalue weighted by Gasteiger charge is 2.10. The number of aromatic nitrogens is 1. The molecule has 1 aromatic rings. The average Bonchev–Trinajstić information content (AvgIpc) is 2.50. The van der Waals surface area contributed by atoms with Gasteiger partial charge in [-0.2, -0.15) is 13.7 Å². The Morgan fingerprint density at radius 3 is 2.79 bits per heavy atom. The summed E-state index contributed by atoms with van der Waals surface area (Å²) in [4.78, 5) is 4.22. The third-order valence-corrected chi connectivity index (χ3v) is 4.19. The summed E-state index contributed by atoms with van der Waals surface area (Å²) in [5.41, 5.74) is 1.03. The van der Waals surface area contributed by atoms with E-state index in [1.165, 1.54) is 5.41 Å². The number of rotatable bonds is 10. The molecule has 1 rings (SSSR count). The summed E-state index contributed by atoms with van der Waals surface area (Å²) in [6.07, 6.45) is 0. The van der Waals surface area contributed by atoms with E-state index in [0.717, 1.165) is 0 Å². The lowest BCUT2D eigenvalue weighted by molar-refractivity contribution is 0.278. The van der Waals surface area contributed by atoms with E-state index in [2.05, 4.69) is 26.4 Å². The molecule has 11 heteroatoms. The van der Waals surface area contributed by atoms with E-state index in [9.17, 15) is 17.9 Å². The SMILES string of the molecule is C=CS(=O)CCNc1nc(NCCOS(=O)(=O)O)cc(C)c1C#N. The molecule has 1 unspecified atom stereocenters. The minimum atomic E-state index is -4.48. The Labute approximate surface area is 143 Å². The van der Waals surface area contributed by atoms with Crippen LogP contribution in [-0.2, 0) is 25.4 Å². The van der Waals surface area contributed by atoms with Crippen molar-refractivity contribution in [3.63, 3.8) is 0 Å². The third kappa shape index (κ3) is 7.05. The van der Waals surface area contributed by atoms with Crippen molar-refractivity contribution in [2.75, 3.05) is 36.1 Å². The Morgan fingerprint density at radius 1 is 1.50 bits per heavy atom. The van der Waals surface area contributed by atoms with E-state index in [-0.39, 0.29) is 13.2 Å². The van der Waals surface area contributed by atoms with E-state index in [1.807, 2.05) is 6.07 Å². The number of pyridine rings is 1. The lowest BCUT2D eigenvalue weighted by Gasteiger charge is -2.12. The van der Waals surface area contributed by atoms with E-state index >= 15 is 0 Å². The molecule has 0 aliphatic rings. The number of hydrogen-bond acceptors (Lipinski definition) is 8. The van der Waals surface area contributed by atoms with Crippen molar-refractivity contribution in [1.29, 1.82) is 5.26 Å². The van der Waals surface area contributed by atoms with Crippen LogP contribution in [0.1, 0.15) is 11.1 Å². The van der Waals surface area contributed by atoms with Crippen LogP contribution in [0.3, 0.4) is 0 Å². The fourth-order valence-corrected chi connectivity index (χ4v) is 2.48. The Bertz CT molecular complexity index is 758. The first-order valence-corrected chi connectivity index (χ1v) is 9.52. The molecular weight excluding hydrogens is 356 g/mol. The zero-order valence-electron chi connectivity index (χ0n) is 13.0. The van der Waals surface area contributed by atoms with E-state index in [1.54, 1.807) is 13.0 Å². The van der Waals surface area contributed by atoms with Crippen molar-refractivity contribution in [3.05, 3.63) is 29.2 Å². The van der Waals surface area contributed by atoms with Gasteiger partial charge in [-0.05, 0) is 24.0 Å². The van der Waals surface area contributed by atoms with Gasteiger partial charge in [-0.25, -0.2) is 9.17 Å². The Balaban J connectivity index is 2.75. The highest BCUT2D eigenvalue weighted by Crippen LogP contribution is 2.20. The second-order valence-corrected chi connectivity index (χ2v) is 7.11. The van der Waals surface area contributed by atoms with Gasteiger partial charge in [-0.1, -0.05) is 6.58 Å². The zero-order chi connectivity index (χ0) is 18.2. The van der Waals surface area contributed by atoms with Crippen molar-refractivity contribution < 1.29 is 21.4 Å². The van der Waals surface area contributed by atoms with Gasteiger partial charge in [-0.15, -0.1) is 0 Å². The molecule has 132 valence electrons. The zero-order valence-corrected chi connectivity index (χ0v) is 14.6. The van der Waals surface area contributed by atoms with Gasteiger partial charge in [0.2, 0.25) is 0 Å². The van der Waals surface area contributed by atoms with Crippen LogP contribution >= 0.6 is 0 Å². The molecule has 9 nitrogen and oxygen atoms in total. The van der Waals surface area contributed by atoms with Gasteiger partial charge in [-0.3, -0.25) is 8.76 Å². The molecule has 0 aliphatic heterocycles. The maximum atomic E-state index is 11.3. The molecule has 3 N–H and O–H groups in total. The molecule has 0 aliphatic carbocycles. The molecule has 1 heterocycles. The van der Waals surface area contributed by atoms with Crippen LogP contribution in [0.5, 0.6) is 0 Å². The Kier molecular flexibility index (Phi) is 7.80. The van der Waals surface area contributed by atoms with Crippen molar-refractivity contribution in [2.45, 2.75) is 6.92 Å². The molecule has 0 amide bonds. The van der Waals surface area contributed by atoms with Crippen LogP contribution < -0.4 is 10.6 Å². The summed E-state index contributed by atoms with van der Waals surface area (Å²) in [6.45, 7) is 5.30. The van der Waals surface area contributed by atoms with Crippen LogP contribution in [0.2, 0.25) is 0 Å². The fourth-order valence-electron chi connectivity index (χ4n) is 1.71. The number of anilines is 2. The molecule has 1 atom stereocenters. The molecule has 0 saturated heterocycles. The second-order valence-electron chi connectivity index (χ2n) is 4.51. The molecule has 0 saturated carbocycles. The van der Waals surface area contributed by atoms with Crippen molar-refractivity contribution in [2.24, 2.45) is 0 Å². The number of nitrogens with zero attached hydrogens (tertiary/aromatic N) is 2. The maximum absolute atomic E-state index is 11.3. The van der Waals surface area contributed by atoms with Gasteiger partial charge in [0.1, 0.15) is 17.7 Å². The number of nitrogens with one attached hydrogen (secondary N) is 2. The fraction of sp³-hybridized carbons (Fsp3) is 0.385. The maximum Gasteiger partial charge on any atom is 0.397 e. The highest BCUT2D eigenvalue weighted by molar-refractivity contribution is 7.87. The van der Waals surface area contributed by atoms with Crippen molar-refractivity contribution in [1.82, 2.24) is 4.98 Å². The molecule has 0 bridgehead atoms. The molecule has 0 radical (unpaired) electrons. The van der Waals surface area contributed by atoms with Crippen LogP contribution in [0.4, 0.5) is 11.6 Å². The quantitative estimate of drug-likeness (QED) is 0.400. The minimum absolute atomic E-state index is 0.0814. The first kappa shape index (κ1) is 20.0. The van der Waals surface area contributed by atoms with E-state index in [0.29, 0.717) is 35.1 Å². The molecule has 24 heavy (non-hydrogen) atoms. The normalized spacial score (nSPS) is 12.2. The number of nitriles is 1. The summed E-state index contributed by atoms with van der Waals surface area (Å²) >= 11 is 0. The molecular formula is C13H18N4O5S2. The predicted octanol–water partition coefficient (Wildman–Crippen LogP) is 0.797. The molecule has 1 aromatic heterocycles. The van der Waals surface area contributed by atoms with Gasteiger partial charge in [0.15, 0.2) is 0 Å². The van der Waals surface area contributed by atoms with Gasteiger partial charge < -0.3 is 10.6 Å². The monoisotopic (exact) mass is 374 g/mol. The topological polar surface area (TPSA) is 141 Å². The first-order chi connectivity index (χ1) is 11.3. The molecule has 0 aromatic carbocycles. The molecule has 0 spiro atoms. The highest BCUT2D eigenvalue weighted by atomic mass is 32.3. The number of aryl methyl sites for hydroxylation is 1. The van der Waals surface area contributed by atoms with E-state index < -0.39 is 21.2 Å². The minimum Gasteiger partial charge on any atom is -0.368 e. The van der Waals surface area contributed by atoms with Gasteiger partial charge in [0, 0.05) is 29.6 Å². The standard InChI is InChI=1S/C13H18N4O5S2/c1-3-23(18)7-5-16-13-11(9-14)10(2)8-12(17-13)15-4-6-22-24(19,20)21/h3,8H,1,4-7H2,2H3,(H2,15,16,17)(H,19,20,21). The summed E-state index contributed by atoms with van der Waals surface area (Å²) in [7, 11) is -5.64. The van der Waals surface area contributed by atoms with Crippen LogP contribution in [-0.4, -0.2) is 47.6 Å².